The Morgan fingerprint density at radius 2 is 1.92 bits per heavy atom. The number of carbonyl (C=O) groups excluding carboxylic acids is 1. The van der Waals surface area contributed by atoms with Crippen LogP contribution in [-0.4, -0.2) is 53.0 Å². The number of nitrogens with zero attached hydrogens (tertiary/aromatic N) is 4. The summed E-state index contributed by atoms with van der Waals surface area (Å²) < 4.78 is 56.4. The van der Waals surface area contributed by atoms with Crippen LogP contribution in [0.2, 0.25) is 0 Å². The van der Waals surface area contributed by atoms with Crippen LogP contribution in [-0.2, 0) is 17.8 Å². The van der Waals surface area contributed by atoms with Crippen molar-refractivity contribution in [1.82, 2.24) is 14.5 Å². The summed E-state index contributed by atoms with van der Waals surface area (Å²) >= 11 is 0. The summed E-state index contributed by atoms with van der Waals surface area (Å²) in [5.41, 5.74) is 0.536. The van der Waals surface area contributed by atoms with Gasteiger partial charge in [0, 0.05) is 61.6 Å². The van der Waals surface area contributed by atoms with Crippen molar-refractivity contribution in [2.24, 2.45) is 0 Å². The predicted octanol–water partition coefficient (Wildman–Crippen LogP) is 3.20. The molecule has 1 amide bonds. The molecule has 1 saturated heterocycles. The molecule has 4 heterocycles. The molecule has 1 fully saturated rings. The van der Waals surface area contributed by atoms with E-state index >= 15 is 0 Å². The van der Waals surface area contributed by atoms with Crippen molar-refractivity contribution in [3.05, 3.63) is 78.0 Å². The second-order valence-corrected chi connectivity index (χ2v) is 8.80. The van der Waals surface area contributed by atoms with Crippen LogP contribution in [0.15, 0.2) is 55.0 Å². The van der Waals surface area contributed by atoms with Gasteiger partial charge in [-0.15, -0.1) is 0 Å². The SMILES string of the molecule is CO[n+]1ccc(C2CN(CC(=O)Nc3cn4c(n3)CCC4)CCC2(F)F)cc1.Fc1cccc(F)c1. The smallest absolute Gasteiger partial charge is 0.257 e. The highest BCUT2D eigenvalue weighted by molar-refractivity contribution is 5.91. The Morgan fingerprint density at radius 3 is 2.53 bits per heavy atom. The van der Waals surface area contributed by atoms with Crippen LogP contribution < -0.4 is 14.9 Å². The van der Waals surface area contributed by atoms with Crippen molar-refractivity contribution in [3.63, 3.8) is 0 Å². The largest absolute Gasteiger partial charge is 0.333 e. The molecule has 5 rings (SSSR count). The Labute approximate surface area is 206 Å². The topological polar surface area (TPSA) is 63.3 Å². The minimum absolute atomic E-state index is 0.0691. The van der Waals surface area contributed by atoms with E-state index in [1.54, 1.807) is 29.4 Å². The van der Waals surface area contributed by atoms with Gasteiger partial charge in [-0.2, -0.15) is 0 Å². The maximum Gasteiger partial charge on any atom is 0.257 e. The molecule has 0 aliphatic carbocycles. The number of rotatable bonds is 5. The Balaban J connectivity index is 0.000000325. The van der Waals surface area contributed by atoms with Gasteiger partial charge in [0.05, 0.1) is 12.5 Å². The fraction of sp³-hybridized carbons (Fsp3) is 0.400. The zero-order valence-corrected chi connectivity index (χ0v) is 19.8. The quantitative estimate of drug-likeness (QED) is 0.427. The molecule has 1 N–H and O–H groups in total. The van der Waals surface area contributed by atoms with Crippen molar-refractivity contribution in [2.75, 3.05) is 32.1 Å². The number of halogens is 4. The summed E-state index contributed by atoms with van der Waals surface area (Å²) in [7, 11) is 1.50. The monoisotopic (exact) mass is 506 g/mol. The molecule has 2 aliphatic rings. The van der Waals surface area contributed by atoms with Crippen LogP contribution in [0.25, 0.3) is 0 Å². The molecule has 2 aliphatic heterocycles. The summed E-state index contributed by atoms with van der Waals surface area (Å²) in [6, 6.07) is 7.83. The van der Waals surface area contributed by atoms with Gasteiger partial charge in [-0.25, -0.2) is 22.5 Å². The lowest BCUT2D eigenvalue weighted by molar-refractivity contribution is -0.885. The number of imidazole rings is 1. The van der Waals surface area contributed by atoms with E-state index in [9.17, 15) is 22.4 Å². The first-order valence-corrected chi connectivity index (χ1v) is 11.7. The van der Waals surface area contributed by atoms with Crippen molar-refractivity contribution in [2.45, 2.75) is 37.6 Å². The number of benzene rings is 1. The highest BCUT2D eigenvalue weighted by atomic mass is 19.3. The van der Waals surface area contributed by atoms with E-state index in [0.717, 1.165) is 31.3 Å². The second kappa shape index (κ2) is 11.1. The lowest BCUT2D eigenvalue weighted by Gasteiger charge is -2.38. The normalized spacial score (nSPS) is 18.6. The number of aryl methyl sites for hydroxylation is 2. The number of hydrogen-bond donors (Lipinski definition) is 1. The molecule has 0 radical (unpaired) electrons. The van der Waals surface area contributed by atoms with Crippen molar-refractivity contribution in [3.8, 4) is 0 Å². The number of alkyl halides is 2. The molecule has 0 spiro atoms. The molecule has 36 heavy (non-hydrogen) atoms. The van der Waals surface area contributed by atoms with Gasteiger partial charge in [0.25, 0.3) is 5.92 Å². The van der Waals surface area contributed by atoms with E-state index in [1.165, 1.54) is 30.0 Å². The number of nitrogens with one attached hydrogen (secondary N) is 1. The second-order valence-electron chi connectivity index (χ2n) is 8.80. The number of pyridine rings is 1. The minimum Gasteiger partial charge on any atom is -0.333 e. The molecule has 2 aromatic heterocycles. The number of aromatic nitrogens is 3. The lowest BCUT2D eigenvalue weighted by Crippen LogP contribution is -2.48. The summed E-state index contributed by atoms with van der Waals surface area (Å²) in [5, 5.41) is 2.79. The summed E-state index contributed by atoms with van der Waals surface area (Å²) in [4.78, 5) is 23.6. The molecular formula is C25H28F4N5O2+. The number of amides is 1. The Morgan fingerprint density at radius 1 is 1.19 bits per heavy atom. The van der Waals surface area contributed by atoms with Gasteiger partial charge in [-0.1, -0.05) is 6.07 Å². The Bertz CT molecular complexity index is 1150. The molecule has 11 heteroatoms. The van der Waals surface area contributed by atoms with E-state index in [2.05, 4.69) is 10.3 Å². The molecule has 0 saturated carbocycles. The average molecular weight is 507 g/mol. The standard InChI is InChI=1S/C19H23F2N5O2.C6H4F2/c1-28-26-8-4-14(5-9-26)15-11-24(10-6-19(15,20)21)13-18(27)23-16-12-25-7-2-3-17(25)22-16;7-5-2-1-3-6(8)4-5/h4-5,8-9,12,15H,2-3,6-7,10-11,13H2,1H3;1-4H/p+1. The van der Waals surface area contributed by atoms with Crippen LogP contribution in [0.5, 0.6) is 0 Å². The van der Waals surface area contributed by atoms with Gasteiger partial charge in [0.2, 0.25) is 18.3 Å². The van der Waals surface area contributed by atoms with Gasteiger partial charge in [-0.3, -0.25) is 14.5 Å². The molecule has 0 bridgehead atoms. The molecule has 7 nitrogen and oxygen atoms in total. The predicted molar refractivity (Wildman–Crippen MR) is 123 cm³/mol. The Hall–Kier alpha value is -3.47. The first kappa shape index (κ1) is 25.6. The van der Waals surface area contributed by atoms with E-state index in [1.807, 2.05) is 10.8 Å². The third-order valence-electron chi connectivity index (χ3n) is 6.23. The third-order valence-corrected chi connectivity index (χ3v) is 6.23. The highest BCUT2D eigenvalue weighted by Gasteiger charge is 2.45. The Kier molecular flexibility index (Phi) is 7.88. The van der Waals surface area contributed by atoms with Gasteiger partial charge >= 0.3 is 0 Å². The van der Waals surface area contributed by atoms with E-state index in [0.29, 0.717) is 11.4 Å². The van der Waals surface area contributed by atoms with Gasteiger partial charge in [0.1, 0.15) is 24.6 Å². The van der Waals surface area contributed by atoms with Gasteiger partial charge in [0.15, 0.2) is 5.82 Å². The number of anilines is 1. The molecule has 1 atom stereocenters. The van der Waals surface area contributed by atoms with Crippen LogP contribution >= 0.6 is 0 Å². The number of piperidine rings is 1. The maximum absolute atomic E-state index is 14.5. The fourth-order valence-electron chi connectivity index (χ4n) is 4.40. The number of likely N-dealkylation sites (tertiary alicyclic amines) is 1. The maximum atomic E-state index is 14.5. The number of carbonyl (C=O) groups is 1. The minimum atomic E-state index is -2.81. The zero-order chi connectivity index (χ0) is 25.7. The van der Waals surface area contributed by atoms with E-state index < -0.39 is 23.5 Å². The summed E-state index contributed by atoms with van der Waals surface area (Å²) in [6.07, 6.45) is 6.76. The molecule has 1 aromatic carbocycles. The highest BCUT2D eigenvalue weighted by Crippen LogP contribution is 2.39. The van der Waals surface area contributed by atoms with Crippen molar-refractivity contribution >= 4 is 11.7 Å². The van der Waals surface area contributed by atoms with E-state index in [4.69, 9.17) is 4.84 Å². The zero-order valence-electron chi connectivity index (χ0n) is 19.8. The average Bonchev–Trinajstić information content (AvgIpc) is 3.42. The van der Waals surface area contributed by atoms with Crippen LogP contribution in [0.4, 0.5) is 23.4 Å². The van der Waals surface area contributed by atoms with E-state index in [-0.39, 0.29) is 32.0 Å². The number of hydrogen-bond acceptors (Lipinski definition) is 4. The van der Waals surface area contributed by atoms with Gasteiger partial charge in [-0.05, 0) is 24.1 Å². The molecule has 1 unspecified atom stereocenters. The summed E-state index contributed by atoms with van der Waals surface area (Å²) in [6.45, 7) is 1.29. The summed E-state index contributed by atoms with van der Waals surface area (Å²) in [5.74, 6) is -3.56. The molecular weight excluding hydrogens is 478 g/mol. The third kappa shape index (κ3) is 6.39. The van der Waals surface area contributed by atoms with Crippen molar-refractivity contribution in [1.29, 1.82) is 0 Å². The van der Waals surface area contributed by atoms with Crippen LogP contribution in [0.3, 0.4) is 0 Å². The van der Waals surface area contributed by atoms with Crippen LogP contribution in [0, 0.1) is 11.6 Å². The number of fused-ring (bicyclic) bond motifs is 1. The molecule has 3 aromatic rings. The first-order chi connectivity index (χ1) is 17.2. The lowest BCUT2D eigenvalue weighted by atomic mass is 9.87. The molecule has 192 valence electrons. The van der Waals surface area contributed by atoms with Crippen molar-refractivity contribution < 1.29 is 31.9 Å². The fourth-order valence-corrected chi connectivity index (χ4v) is 4.40. The van der Waals surface area contributed by atoms with Gasteiger partial charge < -0.3 is 9.88 Å². The van der Waals surface area contributed by atoms with Crippen LogP contribution in [0.1, 0.15) is 30.1 Å². The first-order valence-electron chi connectivity index (χ1n) is 11.7.